The zero-order chi connectivity index (χ0) is 11.8. The summed E-state index contributed by atoms with van der Waals surface area (Å²) in [6.45, 7) is 2.54. The summed E-state index contributed by atoms with van der Waals surface area (Å²) in [7, 11) is -3.48. The molecule has 0 saturated heterocycles. The Morgan fingerprint density at radius 2 is 2.07 bits per heavy atom. The minimum absolute atomic E-state index is 0.00347. The largest absolute Gasteiger partial charge is 0.337 e. The lowest BCUT2D eigenvalue weighted by atomic mass is 10.4. The summed E-state index contributed by atoms with van der Waals surface area (Å²) in [6.07, 6.45) is 0. The van der Waals surface area contributed by atoms with Gasteiger partial charge in [-0.1, -0.05) is 0 Å². The van der Waals surface area contributed by atoms with Gasteiger partial charge in [-0.3, -0.25) is 9.48 Å². The van der Waals surface area contributed by atoms with E-state index < -0.39 is 21.0 Å². The molecule has 0 fully saturated rings. The fourth-order valence-electron chi connectivity index (χ4n) is 1.24. The average Bonchev–Trinajstić information content (AvgIpc) is 2.23. The van der Waals surface area contributed by atoms with Gasteiger partial charge in [0.15, 0.2) is 10.7 Å². The number of halogens is 1. The molecule has 1 aromatic heterocycles. The minimum Gasteiger partial charge on any atom is -0.310 e. The molecule has 1 rings (SSSR count). The summed E-state index contributed by atoms with van der Waals surface area (Å²) in [4.78, 5) is 10.2. The van der Waals surface area contributed by atoms with Crippen molar-refractivity contribution in [2.75, 3.05) is 5.32 Å². The Hall–Kier alpha value is -1.44. The van der Waals surface area contributed by atoms with Crippen LogP contribution in [0.25, 0.3) is 0 Å². The maximum atomic E-state index is 12.9. The number of aromatic nitrogens is 2. The maximum Gasteiger partial charge on any atom is 0.337 e. The van der Waals surface area contributed by atoms with Gasteiger partial charge in [-0.2, -0.15) is 13.5 Å². The zero-order valence-corrected chi connectivity index (χ0v) is 9.22. The molecule has 1 aromatic rings. The van der Waals surface area contributed by atoms with Crippen LogP contribution >= 0.6 is 0 Å². The lowest BCUT2D eigenvalue weighted by Crippen LogP contribution is -2.12. The molecule has 1 heterocycles. The van der Waals surface area contributed by atoms with E-state index in [0.717, 1.165) is 4.68 Å². The second-order valence-electron chi connectivity index (χ2n) is 3.01. The quantitative estimate of drug-likeness (QED) is 0.750. The highest BCUT2D eigenvalue weighted by Gasteiger charge is 2.26. The first-order chi connectivity index (χ1) is 6.73. The second-order valence-corrected chi connectivity index (χ2v) is 4.29. The Balaban J connectivity index is 3.43. The number of carbonyl (C=O) groups is 1. The molecule has 0 unspecified atom stereocenters. The van der Waals surface area contributed by atoms with E-state index in [1.165, 1.54) is 20.9 Å². The Labute approximate surface area is 86.3 Å². The fourth-order valence-corrected chi connectivity index (χ4v) is 2.04. The van der Waals surface area contributed by atoms with Crippen molar-refractivity contribution >= 4 is 21.9 Å². The van der Waals surface area contributed by atoms with Crippen LogP contribution in [0.2, 0.25) is 0 Å². The van der Waals surface area contributed by atoms with Crippen LogP contribution < -0.4 is 5.32 Å². The Morgan fingerprint density at radius 1 is 1.53 bits per heavy atom. The minimum atomic E-state index is -4.89. The summed E-state index contributed by atoms with van der Waals surface area (Å²) >= 11 is 0. The van der Waals surface area contributed by atoms with Gasteiger partial charge >= 0.3 is 10.2 Å². The molecule has 0 aliphatic heterocycles. The van der Waals surface area contributed by atoms with Crippen molar-refractivity contribution in [1.82, 2.24) is 9.78 Å². The molecule has 0 aliphatic rings. The second kappa shape index (κ2) is 3.61. The van der Waals surface area contributed by atoms with Crippen LogP contribution in [-0.2, 0) is 22.1 Å². The van der Waals surface area contributed by atoms with E-state index in [1.807, 2.05) is 0 Å². The predicted molar refractivity (Wildman–Crippen MR) is 50.5 cm³/mol. The molecule has 1 amide bonds. The number of carbonyl (C=O) groups excluding carboxylic acids is 1. The maximum absolute atomic E-state index is 12.9. The molecular formula is C7H10FN3O3S. The van der Waals surface area contributed by atoms with E-state index >= 15 is 0 Å². The molecule has 15 heavy (non-hydrogen) atoms. The van der Waals surface area contributed by atoms with E-state index in [1.54, 1.807) is 0 Å². The van der Waals surface area contributed by atoms with Crippen molar-refractivity contribution in [3.05, 3.63) is 5.69 Å². The molecule has 8 heteroatoms. The van der Waals surface area contributed by atoms with Crippen molar-refractivity contribution in [2.45, 2.75) is 18.7 Å². The summed E-state index contributed by atoms with van der Waals surface area (Å²) in [6, 6.07) is 0. The van der Waals surface area contributed by atoms with E-state index in [2.05, 4.69) is 10.4 Å². The highest BCUT2D eigenvalue weighted by atomic mass is 32.3. The first-order valence-corrected chi connectivity index (χ1v) is 5.37. The summed E-state index contributed by atoms with van der Waals surface area (Å²) in [5.74, 6) is -0.662. The first kappa shape index (κ1) is 11.6. The van der Waals surface area contributed by atoms with Crippen molar-refractivity contribution in [2.24, 2.45) is 7.05 Å². The Morgan fingerprint density at radius 3 is 2.47 bits per heavy atom. The van der Waals surface area contributed by atoms with Gasteiger partial charge < -0.3 is 5.32 Å². The van der Waals surface area contributed by atoms with Crippen molar-refractivity contribution in [1.29, 1.82) is 0 Å². The standard InChI is InChI=1S/C7H10FN3O3S/c1-4-6(15(8,13)14)7(9-5(2)12)11(3)10-4/h1-3H3,(H,9,12). The zero-order valence-electron chi connectivity index (χ0n) is 8.41. The lowest BCUT2D eigenvalue weighted by molar-refractivity contribution is -0.114. The summed E-state index contributed by atoms with van der Waals surface area (Å²) in [5, 5.41) is 5.92. The Kier molecular flexibility index (Phi) is 2.80. The normalized spacial score (nSPS) is 11.5. The van der Waals surface area contributed by atoms with Gasteiger partial charge in [0.25, 0.3) is 0 Å². The van der Waals surface area contributed by atoms with E-state index in [9.17, 15) is 17.1 Å². The molecule has 1 N–H and O–H groups in total. The molecule has 0 aromatic carbocycles. The molecule has 0 atom stereocenters. The fraction of sp³-hybridized carbons (Fsp3) is 0.429. The van der Waals surface area contributed by atoms with Crippen LogP contribution in [0.1, 0.15) is 12.6 Å². The van der Waals surface area contributed by atoms with Crippen LogP contribution in [0.4, 0.5) is 9.70 Å². The smallest absolute Gasteiger partial charge is 0.310 e. The number of anilines is 1. The SMILES string of the molecule is CC(=O)Nc1c(S(=O)(=O)F)c(C)nn1C. The van der Waals surface area contributed by atoms with Crippen molar-refractivity contribution in [3.8, 4) is 0 Å². The van der Waals surface area contributed by atoms with Gasteiger partial charge in [-0.25, -0.2) is 0 Å². The third-order valence-electron chi connectivity index (χ3n) is 1.71. The third-order valence-corrected chi connectivity index (χ3v) is 2.68. The molecule has 84 valence electrons. The number of hydrogen-bond donors (Lipinski definition) is 1. The number of aryl methyl sites for hydroxylation is 2. The number of hydrogen-bond acceptors (Lipinski definition) is 4. The molecular weight excluding hydrogens is 225 g/mol. The van der Waals surface area contributed by atoms with Gasteiger partial charge in [0.05, 0.1) is 5.69 Å². The van der Waals surface area contributed by atoms with Crippen LogP contribution in [0.3, 0.4) is 0 Å². The monoisotopic (exact) mass is 235 g/mol. The first-order valence-electron chi connectivity index (χ1n) is 3.99. The highest BCUT2D eigenvalue weighted by molar-refractivity contribution is 7.86. The van der Waals surface area contributed by atoms with Crippen LogP contribution in [-0.4, -0.2) is 24.1 Å². The highest BCUT2D eigenvalue weighted by Crippen LogP contribution is 2.25. The third kappa shape index (κ3) is 2.32. The van der Waals surface area contributed by atoms with Crippen LogP contribution in [0.15, 0.2) is 4.90 Å². The van der Waals surface area contributed by atoms with Crippen molar-refractivity contribution < 1.29 is 17.1 Å². The van der Waals surface area contributed by atoms with Gasteiger partial charge in [-0.05, 0) is 6.92 Å². The lowest BCUT2D eigenvalue weighted by Gasteiger charge is -2.03. The van der Waals surface area contributed by atoms with Gasteiger partial charge in [0.2, 0.25) is 5.91 Å². The van der Waals surface area contributed by atoms with Gasteiger partial charge in [0, 0.05) is 14.0 Å². The summed E-state index contributed by atoms with van der Waals surface area (Å²) < 4.78 is 35.6. The number of nitrogens with zero attached hydrogens (tertiary/aromatic N) is 2. The van der Waals surface area contributed by atoms with E-state index in [4.69, 9.17) is 0 Å². The van der Waals surface area contributed by atoms with Crippen molar-refractivity contribution in [3.63, 3.8) is 0 Å². The average molecular weight is 235 g/mol. The molecule has 0 spiro atoms. The number of rotatable bonds is 2. The van der Waals surface area contributed by atoms with E-state index in [-0.39, 0.29) is 11.5 Å². The molecule has 0 aliphatic carbocycles. The van der Waals surface area contributed by atoms with Gasteiger partial charge in [-0.15, -0.1) is 3.89 Å². The molecule has 0 radical (unpaired) electrons. The van der Waals surface area contributed by atoms with E-state index in [0.29, 0.717) is 0 Å². The predicted octanol–water partition coefficient (Wildman–Crippen LogP) is 0.345. The number of nitrogens with one attached hydrogen (secondary N) is 1. The van der Waals surface area contributed by atoms with Crippen LogP contribution in [0.5, 0.6) is 0 Å². The number of amides is 1. The van der Waals surface area contributed by atoms with Gasteiger partial charge in [0.1, 0.15) is 0 Å². The topological polar surface area (TPSA) is 81.1 Å². The molecule has 0 bridgehead atoms. The molecule has 0 saturated carbocycles. The Bertz CT molecular complexity index is 506. The summed E-state index contributed by atoms with van der Waals surface area (Å²) in [5.41, 5.74) is 0.00347. The van der Waals surface area contributed by atoms with Crippen LogP contribution in [0, 0.1) is 6.92 Å². The molecule has 6 nitrogen and oxygen atoms in total.